The van der Waals surface area contributed by atoms with Crippen LogP contribution in [0.5, 0.6) is 5.06 Å². The van der Waals surface area contributed by atoms with E-state index in [1.54, 1.807) is 18.3 Å². The summed E-state index contributed by atoms with van der Waals surface area (Å²) in [7, 11) is 0. The van der Waals surface area contributed by atoms with E-state index in [0.717, 1.165) is 70.2 Å². The predicted molar refractivity (Wildman–Crippen MR) is 145 cm³/mol. The molecule has 0 N–H and O–H groups in total. The minimum absolute atomic E-state index is 0.103. The molecule has 5 rings (SSSR count). The number of nitrogens with zero attached hydrogens (tertiary/aromatic N) is 4. The molecule has 0 radical (unpaired) electrons. The summed E-state index contributed by atoms with van der Waals surface area (Å²) in [5.41, 5.74) is 2.16. The van der Waals surface area contributed by atoms with Crippen LogP contribution in [-0.2, 0) is 0 Å². The van der Waals surface area contributed by atoms with Crippen LogP contribution in [0.1, 0.15) is 29.9 Å². The summed E-state index contributed by atoms with van der Waals surface area (Å²) < 4.78 is 5.59. The zero-order valence-electron chi connectivity index (χ0n) is 19.9. The number of hydrogen-bond donors (Lipinski definition) is 0. The van der Waals surface area contributed by atoms with Gasteiger partial charge in [0.05, 0.1) is 11.5 Å². The third-order valence-corrected chi connectivity index (χ3v) is 8.31. The van der Waals surface area contributed by atoms with E-state index in [1.807, 2.05) is 37.5 Å². The second kappa shape index (κ2) is 10.6. The van der Waals surface area contributed by atoms with Crippen LogP contribution in [0, 0.1) is 0 Å². The van der Waals surface area contributed by atoms with Gasteiger partial charge in [-0.1, -0.05) is 11.3 Å². The Hall–Kier alpha value is -3.23. The average Bonchev–Trinajstić information content (AvgIpc) is 3.50. The van der Waals surface area contributed by atoms with Gasteiger partial charge in [0.1, 0.15) is 11.6 Å². The van der Waals surface area contributed by atoms with E-state index in [-0.39, 0.29) is 5.78 Å². The smallest absolute Gasteiger partial charge is 0.174 e. The first-order valence-electron chi connectivity index (χ1n) is 11.9. The second-order valence-corrected chi connectivity index (χ2v) is 10.5. The van der Waals surface area contributed by atoms with E-state index >= 15 is 0 Å². The third-order valence-electron chi connectivity index (χ3n) is 6.03. The lowest BCUT2D eigenvalue weighted by molar-refractivity contribution is 0.102. The zero-order valence-corrected chi connectivity index (χ0v) is 21.6. The Bertz CT molecular complexity index is 1280. The van der Waals surface area contributed by atoms with Crippen molar-refractivity contribution in [3.05, 3.63) is 65.8 Å². The second-order valence-electron chi connectivity index (χ2n) is 8.41. The summed E-state index contributed by atoms with van der Waals surface area (Å²) in [5.74, 6) is 2.11. The van der Waals surface area contributed by atoms with Gasteiger partial charge in [0.25, 0.3) is 0 Å². The summed E-state index contributed by atoms with van der Waals surface area (Å²) in [6.07, 6.45) is 4.92. The summed E-state index contributed by atoms with van der Waals surface area (Å²) in [6.45, 7) is 8.01. The van der Waals surface area contributed by atoms with Gasteiger partial charge < -0.3 is 14.5 Å². The molecule has 35 heavy (non-hydrogen) atoms. The maximum atomic E-state index is 11.6. The highest BCUT2D eigenvalue weighted by molar-refractivity contribution is 7.17. The highest BCUT2D eigenvalue weighted by atomic mass is 32.1. The van der Waals surface area contributed by atoms with Gasteiger partial charge in [0, 0.05) is 59.5 Å². The van der Waals surface area contributed by atoms with Gasteiger partial charge in [-0.2, -0.15) is 0 Å². The Morgan fingerprint density at radius 3 is 1.94 bits per heavy atom. The molecule has 5 heterocycles. The topological polar surface area (TPSA) is 58.6 Å². The van der Waals surface area contributed by atoms with Crippen molar-refractivity contribution in [3.8, 4) is 25.9 Å². The molecular weight excluding hydrogens is 476 g/mol. The van der Waals surface area contributed by atoms with Crippen LogP contribution in [0.3, 0.4) is 0 Å². The fraction of sp³-hybridized carbons (Fsp3) is 0.296. The van der Waals surface area contributed by atoms with Gasteiger partial charge in [0.15, 0.2) is 10.8 Å². The van der Waals surface area contributed by atoms with E-state index in [1.165, 1.54) is 16.2 Å². The number of rotatable bonds is 7. The number of ketones is 1. The van der Waals surface area contributed by atoms with Gasteiger partial charge in [0.2, 0.25) is 0 Å². The number of thiophene rings is 2. The van der Waals surface area contributed by atoms with Crippen LogP contribution in [0.2, 0.25) is 0 Å². The first kappa shape index (κ1) is 23.5. The molecule has 0 aliphatic carbocycles. The third kappa shape index (κ3) is 5.39. The number of aromatic nitrogens is 2. The van der Waals surface area contributed by atoms with Crippen molar-refractivity contribution in [2.75, 3.05) is 42.6 Å². The molecule has 4 aromatic heterocycles. The average molecular weight is 505 g/mol. The number of carbonyl (C=O) groups is 1. The lowest BCUT2D eigenvalue weighted by Crippen LogP contribution is -2.31. The maximum Gasteiger partial charge on any atom is 0.174 e. The van der Waals surface area contributed by atoms with Crippen molar-refractivity contribution < 1.29 is 9.53 Å². The first-order valence-corrected chi connectivity index (χ1v) is 13.5. The minimum Gasteiger partial charge on any atom is -0.484 e. The van der Waals surface area contributed by atoms with Gasteiger partial charge in [-0.05, 0) is 68.8 Å². The van der Waals surface area contributed by atoms with E-state index in [9.17, 15) is 4.79 Å². The Morgan fingerprint density at radius 2 is 1.43 bits per heavy atom. The van der Waals surface area contributed by atoms with Crippen molar-refractivity contribution in [3.63, 3.8) is 0 Å². The first-order chi connectivity index (χ1) is 17.1. The quantitative estimate of drug-likeness (QED) is 0.277. The molecule has 0 atom stereocenters. The maximum absolute atomic E-state index is 11.6. The standard InChI is InChI=1S/C27H28N4O2S2/c1-3-33-27-12-9-24(35-27)21-6-11-26(29-18-21)31-14-4-13-30(15-16-31)25-10-5-20(17-28-25)23-8-7-22(34-23)19(2)32/h5-12,17-18H,3-4,13-16H2,1-2H3. The fourth-order valence-electron chi connectivity index (χ4n) is 4.19. The molecule has 4 aromatic rings. The van der Waals surface area contributed by atoms with Gasteiger partial charge in [-0.15, -0.1) is 11.3 Å². The molecule has 0 amide bonds. The Morgan fingerprint density at radius 1 is 0.829 bits per heavy atom. The number of anilines is 2. The van der Waals surface area contributed by atoms with Crippen LogP contribution in [0.15, 0.2) is 60.9 Å². The van der Waals surface area contributed by atoms with Gasteiger partial charge in [-0.3, -0.25) is 4.79 Å². The molecule has 1 saturated heterocycles. The summed E-state index contributed by atoms with van der Waals surface area (Å²) in [5, 5.41) is 0.942. The van der Waals surface area contributed by atoms with Crippen LogP contribution in [0.4, 0.5) is 11.6 Å². The Kier molecular flexibility index (Phi) is 7.11. The Labute approximate surface area is 213 Å². The normalized spacial score (nSPS) is 14.1. The molecule has 0 bridgehead atoms. The lowest BCUT2D eigenvalue weighted by Gasteiger charge is -2.23. The molecule has 0 saturated carbocycles. The number of pyridine rings is 2. The SMILES string of the molecule is CCOc1ccc(-c2ccc(N3CCCN(c4ccc(-c5ccc(C(C)=O)s5)cn4)CC3)nc2)s1. The van der Waals surface area contributed by atoms with Crippen LogP contribution < -0.4 is 14.5 Å². The number of Topliss-reactive ketones (excluding diaryl/α,β-unsaturated/α-hetero) is 1. The Balaban J connectivity index is 1.22. The molecular formula is C27H28N4O2S2. The monoisotopic (exact) mass is 504 g/mol. The molecule has 0 unspecified atom stereocenters. The van der Waals surface area contributed by atoms with Crippen molar-refractivity contribution in [2.24, 2.45) is 0 Å². The number of ether oxygens (including phenoxy) is 1. The summed E-state index contributed by atoms with van der Waals surface area (Å²) in [6, 6.07) is 16.4. The van der Waals surface area contributed by atoms with E-state index in [4.69, 9.17) is 14.7 Å². The highest BCUT2D eigenvalue weighted by Gasteiger charge is 2.18. The summed E-state index contributed by atoms with van der Waals surface area (Å²) in [4.78, 5) is 28.8. The number of carbonyl (C=O) groups excluding carboxylic acids is 1. The molecule has 6 nitrogen and oxygen atoms in total. The van der Waals surface area contributed by atoms with Crippen molar-refractivity contribution >= 4 is 40.1 Å². The van der Waals surface area contributed by atoms with Crippen molar-refractivity contribution in [1.82, 2.24) is 9.97 Å². The molecule has 8 heteroatoms. The molecule has 1 aliphatic rings. The fourth-order valence-corrected chi connectivity index (χ4v) is 5.99. The van der Waals surface area contributed by atoms with Crippen molar-refractivity contribution in [1.29, 1.82) is 0 Å². The molecule has 1 fully saturated rings. The predicted octanol–water partition coefficient (Wildman–Crippen LogP) is 6.25. The van der Waals surface area contributed by atoms with E-state index < -0.39 is 0 Å². The van der Waals surface area contributed by atoms with Crippen LogP contribution >= 0.6 is 22.7 Å². The van der Waals surface area contributed by atoms with Crippen LogP contribution in [-0.4, -0.2) is 48.5 Å². The minimum atomic E-state index is 0.103. The lowest BCUT2D eigenvalue weighted by atomic mass is 10.2. The molecule has 0 aromatic carbocycles. The molecule has 0 spiro atoms. The number of hydrogen-bond acceptors (Lipinski definition) is 8. The van der Waals surface area contributed by atoms with Crippen LogP contribution in [0.25, 0.3) is 20.9 Å². The largest absolute Gasteiger partial charge is 0.484 e. The highest BCUT2D eigenvalue weighted by Crippen LogP contribution is 2.33. The van der Waals surface area contributed by atoms with Crippen molar-refractivity contribution in [2.45, 2.75) is 20.3 Å². The van der Waals surface area contributed by atoms with E-state index in [0.29, 0.717) is 6.61 Å². The molecule has 180 valence electrons. The van der Waals surface area contributed by atoms with Gasteiger partial charge in [-0.25, -0.2) is 9.97 Å². The zero-order chi connectivity index (χ0) is 24.2. The summed E-state index contributed by atoms with van der Waals surface area (Å²) >= 11 is 3.17. The van der Waals surface area contributed by atoms with Gasteiger partial charge >= 0.3 is 0 Å². The molecule has 1 aliphatic heterocycles. The van der Waals surface area contributed by atoms with E-state index in [2.05, 4.69) is 40.1 Å².